The first-order valence-corrected chi connectivity index (χ1v) is 8.81. The number of aliphatic hydroxyl groups is 1. The summed E-state index contributed by atoms with van der Waals surface area (Å²) in [4.78, 5) is 27.5. The molecule has 2 N–H and O–H groups in total. The summed E-state index contributed by atoms with van der Waals surface area (Å²) in [7, 11) is 0.817. The molecule has 0 saturated carbocycles. The maximum Gasteiger partial charge on any atom is 0.431 e. The minimum Gasteiger partial charge on any atom is -0.387 e. The number of rotatable bonds is 2. The van der Waals surface area contributed by atoms with Crippen LogP contribution in [0.15, 0.2) is 26.2 Å². The van der Waals surface area contributed by atoms with Crippen LogP contribution in [0.4, 0.5) is 17.6 Å². The third-order valence-electron chi connectivity index (χ3n) is 4.17. The van der Waals surface area contributed by atoms with Crippen molar-refractivity contribution in [3.8, 4) is 5.69 Å². The summed E-state index contributed by atoms with van der Waals surface area (Å²) < 4.78 is 54.6. The van der Waals surface area contributed by atoms with E-state index in [4.69, 9.17) is 11.6 Å². The second-order valence-corrected chi connectivity index (χ2v) is 7.21. The minimum atomic E-state index is -4.95. The number of nitrogens with zero attached hydrogens (tertiary/aromatic N) is 2. The van der Waals surface area contributed by atoms with Gasteiger partial charge in [0.25, 0.3) is 5.56 Å². The number of nitrogens with one attached hydrogen (secondary N) is 1. The molecule has 0 spiro atoms. The molecule has 0 aliphatic rings. The number of benzene rings is 1. The molecule has 0 saturated heterocycles. The maximum atomic E-state index is 14.7. The highest BCUT2D eigenvalue weighted by Gasteiger charge is 2.35. The molecule has 0 amide bonds. The van der Waals surface area contributed by atoms with Crippen molar-refractivity contribution in [3.63, 3.8) is 0 Å². The largest absolute Gasteiger partial charge is 0.431 e. The number of H-pyrrole nitrogens is 1. The van der Waals surface area contributed by atoms with E-state index in [0.717, 1.165) is 13.1 Å². The van der Waals surface area contributed by atoms with Crippen molar-refractivity contribution in [2.75, 3.05) is 0 Å². The van der Waals surface area contributed by atoms with Crippen molar-refractivity contribution < 1.29 is 22.7 Å². The lowest BCUT2D eigenvalue weighted by Gasteiger charge is -2.15. The van der Waals surface area contributed by atoms with E-state index < -0.39 is 40.7 Å². The Kier molecular flexibility index (Phi) is 4.97. The fourth-order valence-electron chi connectivity index (χ4n) is 2.88. The Hall–Kier alpha value is -2.11. The van der Waals surface area contributed by atoms with Crippen LogP contribution in [0.2, 0.25) is 5.02 Å². The van der Waals surface area contributed by atoms with Crippen LogP contribution in [0.25, 0.3) is 16.6 Å². The number of hydrogen-bond acceptors (Lipinski definition) is 3. The highest BCUT2D eigenvalue weighted by atomic mass is 79.9. The predicted molar refractivity (Wildman–Crippen MR) is 97.4 cm³/mol. The summed E-state index contributed by atoms with van der Waals surface area (Å²) in [5, 5.41) is 9.91. The summed E-state index contributed by atoms with van der Waals surface area (Å²) in [6.07, 6.45) is -6.00. The van der Waals surface area contributed by atoms with Gasteiger partial charge < -0.3 is 10.1 Å². The lowest BCUT2D eigenvalue weighted by molar-refractivity contribution is -0.144. The van der Waals surface area contributed by atoms with Gasteiger partial charge in [0.2, 0.25) is 0 Å². The lowest BCUT2D eigenvalue weighted by Crippen LogP contribution is -2.41. The number of hydrogen-bond donors (Lipinski definition) is 2. The highest BCUT2D eigenvalue weighted by molar-refractivity contribution is 9.10. The van der Waals surface area contributed by atoms with Gasteiger partial charge >= 0.3 is 11.9 Å². The summed E-state index contributed by atoms with van der Waals surface area (Å²) >= 11 is 9.26. The molecule has 2 heterocycles. The first kappa shape index (κ1) is 20.6. The van der Waals surface area contributed by atoms with Gasteiger partial charge in [-0.2, -0.15) is 13.2 Å². The SMILES string of the molecule is CC(O)c1[nH]c2c(-n3c(=O)cc(C(F)(F)F)n(C)c3=O)c(F)cc(Cl)c2c1Br. The van der Waals surface area contributed by atoms with Gasteiger partial charge in [-0.05, 0) is 28.9 Å². The van der Waals surface area contributed by atoms with E-state index in [0.29, 0.717) is 0 Å². The Labute approximate surface area is 167 Å². The average molecular weight is 485 g/mol. The molecular formula is C16H11BrClF4N3O3. The van der Waals surface area contributed by atoms with Crippen LogP contribution in [0, 0.1) is 5.82 Å². The summed E-state index contributed by atoms with van der Waals surface area (Å²) in [6.45, 7) is 1.41. The Morgan fingerprint density at radius 2 is 1.89 bits per heavy atom. The van der Waals surface area contributed by atoms with Crippen molar-refractivity contribution in [1.29, 1.82) is 0 Å². The van der Waals surface area contributed by atoms with E-state index in [-0.39, 0.29) is 41.3 Å². The fraction of sp³-hybridized carbons (Fsp3) is 0.250. The molecule has 28 heavy (non-hydrogen) atoms. The van der Waals surface area contributed by atoms with Crippen molar-refractivity contribution in [2.45, 2.75) is 19.2 Å². The van der Waals surface area contributed by atoms with Gasteiger partial charge in [-0.15, -0.1) is 0 Å². The molecule has 1 unspecified atom stereocenters. The Balaban J connectivity index is 2.50. The van der Waals surface area contributed by atoms with E-state index in [1.807, 2.05) is 0 Å². The molecule has 150 valence electrons. The van der Waals surface area contributed by atoms with Crippen LogP contribution in [0.1, 0.15) is 24.4 Å². The second kappa shape index (κ2) is 6.75. The molecular weight excluding hydrogens is 474 g/mol. The number of aromatic nitrogens is 3. The fourth-order valence-corrected chi connectivity index (χ4v) is 4.12. The van der Waals surface area contributed by atoms with Crippen LogP contribution < -0.4 is 11.2 Å². The summed E-state index contributed by atoms with van der Waals surface area (Å²) in [6, 6.07) is 1.03. The van der Waals surface area contributed by atoms with E-state index in [9.17, 15) is 32.3 Å². The predicted octanol–water partition coefficient (Wildman–Crippen LogP) is 3.64. The Morgan fingerprint density at radius 1 is 1.29 bits per heavy atom. The molecule has 0 aliphatic heterocycles. The Bertz CT molecular complexity index is 1230. The Morgan fingerprint density at radius 3 is 2.43 bits per heavy atom. The molecule has 2 aromatic heterocycles. The van der Waals surface area contributed by atoms with Crippen LogP contribution in [-0.2, 0) is 13.2 Å². The van der Waals surface area contributed by atoms with Crippen LogP contribution >= 0.6 is 27.5 Å². The van der Waals surface area contributed by atoms with Gasteiger partial charge in [0.05, 0.1) is 26.8 Å². The van der Waals surface area contributed by atoms with Gasteiger partial charge in [-0.3, -0.25) is 9.36 Å². The average Bonchev–Trinajstić information content (AvgIpc) is 2.90. The first-order chi connectivity index (χ1) is 12.9. The summed E-state index contributed by atoms with van der Waals surface area (Å²) in [5.74, 6) is -1.11. The molecule has 0 fully saturated rings. The normalized spacial score (nSPS) is 13.3. The third-order valence-corrected chi connectivity index (χ3v) is 5.29. The first-order valence-electron chi connectivity index (χ1n) is 7.64. The maximum absolute atomic E-state index is 14.7. The van der Waals surface area contributed by atoms with Gasteiger partial charge in [0.15, 0.2) is 5.82 Å². The molecule has 0 aliphatic carbocycles. The zero-order valence-electron chi connectivity index (χ0n) is 14.2. The zero-order chi connectivity index (χ0) is 21.1. The quantitative estimate of drug-likeness (QED) is 0.545. The molecule has 1 aromatic carbocycles. The number of aromatic amines is 1. The zero-order valence-corrected chi connectivity index (χ0v) is 16.5. The minimum absolute atomic E-state index is 0.0944. The molecule has 3 rings (SSSR count). The van der Waals surface area contributed by atoms with E-state index >= 15 is 0 Å². The van der Waals surface area contributed by atoms with Gasteiger partial charge in [-0.1, -0.05) is 11.6 Å². The number of halogens is 6. The van der Waals surface area contributed by atoms with Crippen LogP contribution in [-0.4, -0.2) is 19.2 Å². The smallest absolute Gasteiger partial charge is 0.387 e. The van der Waals surface area contributed by atoms with Crippen molar-refractivity contribution >= 4 is 38.4 Å². The van der Waals surface area contributed by atoms with Crippen molar-refractivity contribution in [2.24, 2.45) is 7.05 Å². The van der Waals surface area contributed by atoms with E-state index in [2.05, 4.69) is 20.9 Å². The van der Waals surface area contributed by atoms with Crippen molar-refractivity contribution in [1.82, 2.24) is 14.1 Å². The third kappa shape index (κ3) is 3.07. The van der Waals surface area contributed by atoms with Gasteiger partial charge in [-0.25, -0.2) is 13.8 Å². The second-order valence-electron chi connectivity index (χ2n) is 6.01. The van der Waals surface area contributed by atoms with E-state index in [1.54, 1.807) is 0 Å². The van der Waals surface area contributed by atoms with Crippen LogP contribution in [0.3, 0.4) is 0 Å². The van der Waals surface area contributed by atoms with E-state index in [1.165, 1.54) is 6.92 Å². The monoisotopic (exact) mass is 483 g/mol. The number of aliphatic hydroxyl groups excluding tert-OH is 1. The molecule has 1 atom stereocenters. The topological polar surface area (TPSA) is 80.0 Å². The highest BCUT2D eigenvalue weighted by Crippen LogP contribution is 2.39. The molecule has 0 bridgehead atoms. The molecule has 0 radical (unpaired) electrons. The molecule has 12 heteroatoms. The molecule has 3 aromatic rings. The number of fused-ring (bicyclic) bond motifs is 1. The van der Waals surface area contributed by atoms with Gasteiger partial charge in [0.1, 0.15) is 11.4 Å². The lowest BCUT2D eigenvalue weighted by atomic mass is 10.2. The van der Waals surface area contributed by atoms with Gasteiger partial charge in [0, 0.05) is 18.5 Å². The molecule has 6 nitrogen and oxygen atoms in total. The van der Waals surface area contributed by atoms with Crippen LogP contribution in [0.5, 0.6) is 0 Å². The standard InChI is InChI=1S/C16H11BrClF4N3O3/c1-5(26)12-11(17)10-6(18)3-7(19)14(13(10)23-12)25-9(27)4-8(16(20,21)22)24(2)15(25)28/h3-5,23,26H,1-2H3. The van der Waals surface area contributed by atoms with Crippen molar-refractivity contribution in [3.05, 3.63) is 59.7 Å². The summed E-state index contributed by atoms with van der Waals surface area (Å²) in [5.41, 5.74) is -4.80. The number of alkyl halides is 3.